The van der Waals surface area contributed by atoms with E-state index >= 15 is 0 Å². The number of hydrogen-bond acceptors (Lipinski definition) is 6. The number of piperidine rings is 1. The number of allylic oxidation sites excluding steroid dienone is 1. The molecule has 1 aliphatic heterocycles. The molecule has 0 bridgehead atoms. The summed E-state index contributed by atoms with van der Waals surface area (Å²) in [6.45, 7) is 6.08. The van der Waals surface area contributed by atoms with Crippen LogP contribution in [0.5, 0.6) is 11.5 Å². The summed E-state index contributed by atoms with van der Waals surface area (Å²) in [6, 6.07) is 5.35. The zero-order chi connectivity index (χ0) is 20.4. The lowest BCUT2D eigenvalue weighted by molar-refractivity contribution is -0.151. The van der Waals surface area contributed by atoms with Gasteiger partial charge in [-0.1, -0.05) is 18.6 Å². The largest absolute Gasteiger partial charge is 0.493 e. The predicted octanol–water partition coefficient (Wildman–Crippen LogP) is 3.48. The van der Waals surface area contributed by atoms with Gasteiger partial charge in [0.25, 0.3) is 0 Å². The molecule has 2 rings (SSSR count). The van der Waals surface area contributed by atoms with Crippen molar-refractivity contribution in [3.63, 3.8) is 0 Å². The average Bonchev–Trinajstić information content (AvgIpc) is 2.72. The van der Waals surface area contributed by atoms with Crippen molar-refractivity contribution in [3.05, 3.63) is 29.8 Å². The monoisotopic (exact) mass is 389 g/mol. The van der Waals surface area contributed by atoms with Crippen molar-refractivity contribution in [3.8, 4) is 11.5 Å². The van der Waals surface area contributed by atoms with Crippen molar-refractivity contribution in [2.45, 2.75) is 45.6 Å². The maximum Gasteiger partial charge on any atom is 0.323 e. The zero-order valence-electron chi connectivity index (χ0n) is 17.1. The van der Waals surface area contributed by atoms with Crippen LogP contribution in [-0.2, 0) is 14.3 Å². The molecule has 1 unspecified atom stereocenters. The van der Waals surface area contributed by atoms with Gasteiger partial charge in [0, 0.05) is 13.0 Å². The Labute approximate surface area is 167 Å². The van der Waals surface area contributed by atoms with Crippen LogP contribution in [0.4, 0.5) is 0 Å². The molecular formula is C22H31NO5. The minimum absolute atomic E-state index is 0.0287. The van der Waals surface area contributed by atoms with Gasteiger partial charge in [0.2, 0.25) is 0 Å². The third-order valence-electron chi connectivity index (χ3n) is 4.77. The number of carbonyl (C=O) groups excluding carboxylic acids is 2. The standard InChI is InChI=1S/C22H31NO5/c1-4-27-20-12-10-17(16-21(20)26-3)9-11-18(24)13-15-23-14-7-6-8-19(23)22(25)28-5-2/h9-12,16,19H,4-8,13-15H2,1-3H3. The Morgan fingerprint density at radius 3 is 2.71 bits per heavy atom. The van der Waals surface area contributed by atoms with Gasteiger partial charge in [0.15, 0.2) is 17.3 Å². The molecule has 6 heteroatoms. The van der Waals surface area contributed by atoms with Gasteiger partial charge in [-0.2, -0.15) is 0 Å². The fraction of sp³-hybridized carbons (Fsp3) is 0.545. The highest BCUT2D eigenvalue weighted by atomic mass is 16.5. The van der Waals surface area contributed by atoms with Gasteiger partial charge >= 0.3 is 5.97 Å². The van der Waals surface area contributed by atoms with E-state index in [9.17, 15) is 9.59 Å². The molecule has 1 aromatic rings. The van der Waals surface area contributed by atoms with Crippen LogP contribution < -0.4 is 9.47 Å². The van der Waals surface area contributed by atoms with Crippen molar-refractivity contribution in [2.75, 3.05) is 33.4 Å². The highest BCUT2D eigenvalue weighted by molar-refractivity contribution is 5.93. The van der Waals surface area contributed by atoms with Crippen LogP contribution in [-0.4, -0.2) is 56.1 Å². The summed E-state index contributed by atoms with van der Waals surface area (Å²) in [5.41, 5.74) is 0.871. The molecule has 154 valence electrons. The van der Waals surface area contributed by atoms with Gasteiger partial charge in [-0.15, -0.1) is 0 Å². The first-order chi connectivity index (χ1) is 13.6. The van der Waals surface area contributed by atoms with E-state index in [0.29, 0.717) is 37.7 Å². The van der Waals surface area contributed by atoms with Crippen LogP contribution in [0.1, 0.15) is 45.1 Å². The Kier molecular flexibility index (Phi) is 9.01. The first-order valence-corrected chi connectivity index (χ1v) is 10.0. The second-order valence-electron chi connectivity index (χ2n) is 6.69. The Morgan fingerprint density at radius 2 is 2.00 bits per heavy atom. The maximum absolute atomic E-state index is 12.3. The van der Waals surface area contributed by atoms with E-state index < -0.39 is 0 Å². The summed E-state index contributed by atoms with van der Waals surface area (Å²) >= 11 is 0. The van der Waals surface area contributed by atoms with Crippen LogP contribution in [0.2, 0.25) is 0 Å². The molecule has 1 fully saturated rings. The fourth-order valence-corrected chi connectivity index (χ4v) is 3.35. The molecule has 1 saturated heterocycles. The summed E-state index contributed by atoms with van der Waals surface area (Å²) in [6.07, 6.45) is 6.60. The topological polar surface area (TPSA) is 65.1 Å². The van der Waals surface area contributed by atoms with Crippen LogP contribution in [0.25, 0.3) is 6.08 Å². The van der Waals surface area contributed by atoms with Crippen LogP contribution in [0, 0.1) is 0 Å². The molecule has 6 nitrogen and oxygen atoms in total. The van der Waals surface area contributed by atoms with Gasteiger partial charge < -0.3 is 14.2 Å². The molecule has 1 aliphatic rings. The number of carbonyl (C=O) groups is 2. The lowest BCUT2D eigenvalue weighted by Gasteiger charge is -2.33. The number of ketones is 1. The van der Waals surface area contributed by atoms with Gasteiger partial charge in [-0.25, -0.2) is 0 Å². The zero-order valence-corrected chi connectivity index (χ0v) is 17.1. The Bertz CT molecular complexity index is 686. The Morgan fingerprint density at radius 1 is 1.18 bits per heavy atom. The highest BCUT2D eigenvalue weighted by Gasteiger charge is 2.29. The highest BCUT2D eigenvalue weighted by Crippen LogP contribution is 2.28. The smallest absolute Gasteiger partial charge is 0.323 e. The van der Waals surface area contributed by atoms with Crippen LogP contribution in [0.15, 0.2) is 24.3 Å². The molecule has 0 radical (unpaired) electrons. The fourth-order valence-electron chi connectivity index (χ4n) is 3.35. The molecule has 1 atom stereocenters. The quantitative estimate of drug-likeness (QED) is 0.451. The Hall–Kier alpha value is -2.34. The van der Waals surface area contributed by atoms with E-state index in [1.54, 1.807) is 19.3 Å². The summed E-state index contributed by atoms with van der Waals surface area (Å²) < 4.78 is 16.0. The minimum Gasteiger partial charge on any atom is -0.493 e. The van der Waals surface area contributed by atoms with Crippen molar-refractivity contribution < 1.29 is 23.8 Å². The summed E-state index contributed by atoms with van der Waals surface area (Å²) in [5, 5.41) is 0. The van der Waals surface area contributed by atoms with Crippen molar-refractivity contribution >= 4 is 17.8 Å². The van der Waals surface area contributed by atoms with Gasteiger partial charge in [0.05, 0.1) is 20.3 Å². The van der Waals surface area contributed by atoms with Crippen molar-refractivity contribution in [2.24, 2.45) is 0 Å². The molecule has 0 aliphatic carbocycles. The van der Waals surface area contributed by atoms with E-state index in [0.717, 1.165) is 31.4 Å². The van der Waals surface area contributed by atoms with E-state index in [1.807, 2.05) is 32.0 Å². The first kappa shape index (κ1) is 22.0. The van der Waals surface area contributed by atoms with Crippen molar-refractivity contribution in [1.29, 1.82) is 0 Å². The van der Waals surface area contributed by atoms with Gasteiger partial charge in [-0.3, -0.25) is 14.5 Å². The van der Waals surface area contributed by atoms with E-state index in [2.05, 4.69) is 4.90 Å². The van der Waals surface area contributed by atoms with E-state index in [4.69, 9.17) is 14.2 Å². The van der Waals surface area contributed by atoms with Gasteiger partial charge in [0.1, 0.15) is 6.04 Å². The Balaban J connectivity index is 1.91. The number of esters is 1. The number of hydrogen-bond donors (Lipinski definition) is 0. The third kappa shape index (κ3) is 6.37. The average molecular weight is 389 g/mol. The molecule has 28 heavy (non-hydrogen) atoms. The van der Waals surface area contributed by atoms with E-state index in [1.165, 1.54) is 0 Å². The SMILES string of the molecule is CCOC(=O)C1CCCCN1CCC(=O)C=Cc1ccc(OCC)c(OC)c1. The third-order valence-corrected chi connectivity index (χ3v) is 4.77. The molecule has 1 aromatic carbocycles. The molecule has 0 aromatic heterocycles. The number of ether oxygens (including phenoxy) is 3. The normalized spacial score (nSPS) is 17.5. The molecule has 0 saturated carbocycles. The second kappa shape index (κ2) is 11.5. The number of rotatable bonds is 10. The number of nitrogens with zero attached hydrogens (tertiary/aromatic N) is 1. The summed E-state index contributed by atoms with van der Waals surface area (Å²) in [4.78, 5) is 26.5. The number of likely N-dealkylation sites (tertiary alicyclic amines) is 1. The summed E-state index contributed by atoms with van der Waals surface area (Å²) in [5.74, 6) is 1.18. The maximum atomic E-state index is 12.3. The second-order valence-corrected chi connectivity index (χ2v) is 6.69. The molecule has 0 amide bonds. The predicted molar refractivity (Wildman–Crippen MR) is 109 cm³/mol. The summed E-state index contributed by atoms with van der Waals surface area (Å²) in [7, 11) is 1.59. The molecule has 0 spiro atoms. The lowest BCUT2D eigenvalue weighted by Crippen LogP contribution is -2.46. The molecule has 1 heterocycles. The van der Waals surface area contributed by atoms with E-state index in [-0.39, 0.29) is 17.8 Å². The van der Waals surface area contributed by atoms with Crippen LogP contribution in [0.3, 0.4) is 0 Å². The minimum atomic E-state index is -0.221. The molecule has 0 N–H and O–H groups in total. The number of benzene rings is 1. The van der Waals surface area contributed by atoms with Gasteiger partial charge in [-0.05, 0) is 57.0 Å². The van der Waals surface area contributed by atoms with Crippen molar-refractivity contribution in [1.82, 2.24) is 4.90 Å². The van der Waals surface area contributed by atoms with Crippen LogP contribution >= 0.6 is 0 Å². The number of methoxy groups -OCH3 is 1. The lowest BCUT2D eigenvalue weighted by atomic mass is 10.0. The first-order valence-electron chi connectivity index (χ1n) is 10.0. The molecular weight excluding hydrogens is 358 g/mol.